The summed E-state index contributed by atoms with van der Waals surface area (Å²) in [6, 6.07) is 0. The van der Waals surface area contributed by atoms with E-state index in [0.29, 0.717) is 24.5 Å². The van der Waals surface area contributed by atoms with E-state index in [1.54, 1.807) is 18.2 Å². The van der Waals surface area contributed by atoms with Gasteiger partial charge in [0.2, 0.25) is 0 Å². The SMILES string of the molecule is C=C(/C=C\CO)N1CCC2CC(O)=CCC2C1O. The van der Waals surface area contributed by atoms with Gasteiger partial charge in [-0.25, -0.2) is 0 Å². The summed E-state index contributed by atoms with van der Waals surface area (Å²) in [5.74, 6) is 0.973. The molecule has 18 heavy (non-hydrogen) atoms. The van der Waals surface area contributed by atoms with E-state index in [2.05, 4.69) is 6.58 Å². The molecular weight excluding hydrogens is 230 g/mol. The Labute approximate surface area is 108 Å². The zero-order valence-electron chi connectivity index (χ0n) is 10.5. The van der Waals surface area contributed by atoms with Gasteiger partial charge in [-0.2, -0.15) is 0 Å². The molecule has 1 aliphatic carbocycles. The maximum absolute atomic E-state index is 10.4. The molecule has 3 unspecified atom stereocenters. The minimum Gasteiger partial charge on any atom is -0.513 e. The lowest BCUT2D eigenvalue weighted by Crippen LogP contribution is -2.48. The number of aliphatic hydroxyl groups excluding tert-OH is 3. The quantitative estimate of drug-likeness (QED) is 0.666. The van der Waals surface area contributed by atoms with Crippen LogP contribution >= 0.6 is 0 Å². The van der Waals surface area contributed by atoms with Crippen molar-refractivity contribution in [2.24, 2.45) is 11.8 Å². The highest BCUT2D eigenvalue weighted by Crippen LogP contribution is 2.39. The molecule has 1 fully saturated rings. The molecule has 2 rings (SSSR count). The van der Waals surface area contributed by atoms with Crippen LogP contribution in [0, 0.1) is 11.8 Å². The number of nitrogens with zero attached hydrogens (tertiary/aromatic N) is 1. The van der Waals surface area contributed by atoms with E-state index >= 15 is 0 Å². The average Bonchev–Trinajstić information content (AvgIpc) is 2.36. The van der Waals surface area contributed by atoms with Gasteiger partial charge in [-0.05, 0) is 30.9 Å². The monoisotopic (exact) mass is 251 g/mol. The number of aliphatic hydroxyl groups is 3. The van der Waals surface area contributed by atoms with Gasteiger partial charge in [0.15, 0.2) is 0 Å². The van der Waals surface area contributed by atoms with Gasteiger partial charge in [-0.15, -0.1) is 0 Å². The first-order chi connectivity index (χ1) is 8.63. The van der Waals surface area contributed by atoms with Gasteiger partial charge < -0.3 is 20.2 Å². The Morgan fingerprint density at radius 3 is 3.06 bits per heavy atom. The summed E-state index contributed by atoms with van der Waals surface area (Å²) in [5, 5.41) is 28.7. The molecule has 0 aromatic rings. The predicted molar refractivity (Wildman–Crippen MR) is 69.6 cm³/mol. The number of rotatable bonds is 3. The van der Waals surface area contributed by atoms with Gasteiger partial charge in [0.05, 0.1) is 12.4 Å². The Morgan fingerprint density at radius 1 is 1.56 bits per heavy atom. The molecule has 0 aromatic heterocycles. The van der Waals surface area contributed by atoms with Crippen LogP contribution in [0.2, 0.25) is 0 Å². The Kier molecular flexibility index (Phi) is 4.09. The van der Waals surface area contributed by atoms with E-state index < -0.39 is 6.23 Å². The molecule has 1 saturated heterocycles. The molecule has 100 valence electrons. The standard InChI is InChI=1S/C14H21NO3/c1-10(3-2-8-16)15-7-6-11-9-12(17)4-5-13(11)14(15)18/h2-4,11,13-14,16-18H,1,5-9H2/b3-2-. The zero-order chi connectivity index (χ0) is 13.1. The number of fused-ring (bicyclic) bond motifs is 1. The molecule has 0 amide bonds. The Balaban J connectivity index is 2.05. The van der Waals surface area contributed by atoms with Crippen LogP contribution in [0.4, 0.5) is 0 Å². The summed E-state index contributed by atoms with van der Waals surface area (Å²) in [4.78, 5) is 1.88. The van der Waals surface area contributed by atoms with Gasteiger partial charge in [-0.1, -0.05) is 12.7 Å². The van der Waals surface area contributed by atoms with Crippen LogP contribution in [0.15, 0.2) is 36.3 Å². The number of likely N-dealkylation sites (tertiary alicyclic amines) is 1. The number of allylic oxidation sites excluding steroid dienone is 3. The summed E-state index contributed by atoms with van der Waals surface area (Å²) in [6.07, 6.45) is 6.95. The van der Waals surface area contributed by atoms with E-state index in [9.17, 15) is 10.2 Å². The summed E-state index contributed by atoms with van der Waals surface area (Å²) < 4.78 is 0. The second-order valence-corrected chi connectivity index (χ2v) is 5.03. The lowest BCUT2D eigenvalue weighted by molar-refractivity contribution is -0.0731. The molecule has 1 heterocycles. The first-order valence-electron chi connectivity index (χ1n) is 6.42. The highest BCUT2D eigenvalue weighted by molar-refractivity contribution is 5.16. The Hall–Kier alpha value is -1.26. The van der Waals surface area contributed by atoms with Crippen molar-refractivity contribution in [2.75, 3.05) is 13.2 Å². The van der Waals surface area contributed by atoms with Crippen LogP contribution in [0.5, 0.6) is 0 Å². The van der Waals surface area contributed by atoms with Crippen molar-refractivity contribution < 1.29 is 15.3 Å². The van der Waals surface area contributed by atoms with Crippen molar-refractivity contribution in [3.63, 3.8) is 0 Å². The molecule has 1 aliphatic heterocycles. The highest BCUT2D eigenvalue weighted by Gasteiger charge is 2.38. The van der Waals surface area contributed by atoms with Crippen LogP contribution in [0.3, 0.4) is 0 Å². The third kappa shape index (κ3) is 2.60. The second kappa shape index (κ2) is 5.59. The summed E-state index contributed by atoms with van der Waals surface area (Å²) in [5.41, 5.74) is 0.730. The van der Waals surface area contributed by atoms with Crippen LogP contribution in [-0.4, -0.2) is 39.6 Å². The van der Waals surface area contributed by atoms with Crippen molar-refractivity contribution in [1.82, 2.24) is 4.90 Å². The Morgan fingerprint density at radius 2 is 2.33 bits per heavy atom. The molecule has 0 radical (unpaired) electrons. The fourth-order valence-electron chi connectivity index (χ4n) is 2.92. The number of hydrogen-bond acceptors (Lipinski definition) is 4. The molecule has 0 saturated carbocycles. The third-order valence-electron chi connectivity index (χ3n) is 3.93. The summed E-state index contributed by atoms with van der Waals surface area (Å²) in [6.45, 7) is 4.64. The maximum atomic E-state index is 10.4. The molecule has 2 aliphatic rings. The fourth-order valence-corrected chi connectivity index (χ4v) is 2.92. The molecule has 4 nitrogen and oxygen atoms in total. The topological polar surface area (TPSA) is 63.9 Å². The first kappa shape index (κ1) is 13.2. The molecule has 0 aromatic carbocycles. The smallest absolute Gasteiger partial charge is 0.130 e. The molecule has 0 bridgehead atoms. The van der Waals surface area contributed by atoms with Gasteiger partial charge in [0, 0.05) is 24.6 Å². The Bertz CT molecular complexity index is 375. The maximum Gasteiger partial charge on any atom is 0.130 e. The lowest BCUT2D eigenvalue weighted by Gasteiger charge is -2.45. The van der Waals surface area contributed by atoms with Crippen molar-refractivity contribution in [1.29, 1.82) is 0 Å². The zero-order valence-corrected chi connectivity index (χ0v) is 10.5. The molecule has 0 spiro atoms. The lowest BCUT2D eigenvalue weighted by atomic mass is 9.76. The van der Waals surface area contributed by atoms with Crippen molar-refractivity contribution in [2.45, 2.75) is 25.5 Å². The van der Waals surface area contributed by atoms with Crippen LogP contribution < -0.4 is 0 Å². The van der Waals surface area contributed by atoms with Gasteiger partial charge >= 0.3 is 0 Å². The first-order valence-corrected chi connectivity index (χ1v) is 6.42. The van der Waals surface area contributed by atoms with Crippen LogP contribution in [-0.2, 0) is 0 Å². The van der Waals surface area contributed by atoms with Crippen LogP contribution in [0.1, 0.15) is 19.3 Å². The van der Waals surface area contributed by atoms with Crippen LogP contribution in [0.25, 0.3) is 0 Å². The van der Waals surface area contributed by atoms with Crippen molar-refractivity contribution >= 4 is 0 Å². The van der Waals surface area contributed by atoms with Crippen molar-refractivity contribution in [3.05, 3.63) is 36.3 Å². The predicted octanol–water partition coefficient (Wildman–Crippen LogP) is 1.54. The second-order valence-electron chi connectivity index (χ2n) is 5.03. The van der Waals surface area contributed by atoms with Gasteiger partial charge in [-0.3, -0.25) is 0 Å². The fraction of sp³-hybridized carbons (Fsp3) is 0.571. The number of hydrogen-bond donors (Lipinski definition) is 3. The molecule has 4 heteroatoms. The minimum absolute atomic E-state index is 0.0222. The van der Waals surface area contributed by atoms with E-state index in [-0.39, 0.29) is 12.5 Å². The molecule has 3 atom stereocenters. The average molecular weight is 251 g/mol. The van der Waals surface area contributed by atoms with E-state index in [4.69, 9.17) is 5.11 Å². The van der Waals surface area contributed by atoms with Gasteiger partial charge in [0.25, 0.3) is 0 Å². The highest BCUT2D eigenvalue weighted by atomic mass is 16.3. The summed E-state index contributed by atoms with van der Waals surface area (Å²) in [7, 11) is 0. The normalized spacial score (nSPS) is 32.2. The van der Waals surface area contributed by atoms with E-state index in [0.717, 1.165) is 18.7 Å². The number of piperidine rings is 1. The summed E-state index contributed by atoms with van der Waals surface area (Å²) >= 11 is 0. The van der Waals surface area contributed by atoms with E-state index in [1.807, 2.05) is 4.90 Å². The molecule has 3 N–H and O–H groups in total. The van der Waals surface area contributed by atoms with Gasteiger partial charge in [0.1, 0.15) is 6.23 Å². The van der Waals surface area contributed by atoms with E-state index in [1.165, 1.54) is 0 Å². The van der Waals surface area contributed by atoms with Crippen molar-refractivity contribution in [3.8, 4) is 0 Å². The minimum atomic E-state index is -0.552. The third-order valence-corrected chi connectivity index (χ3v) is 3.93. The largest absolute Gasteiger partial charge is 0.513 e. The molecular formula is C14H21NO3.